The summed E-state index contributed by atoms with van der Waals surface area (Å²) in [5.41, 5.74) is 1.06. The number of nitrogens with one attached hydrogen (secondary N) is 1. The van der Waals surface area contributed by atoms with Crippen LogP contribution in [0.2, 0.25) is 0 Å². The Morgan fingerprint density at radius 2 is 2.13 bits per heavy atom. The Labute approximate surface area is 96.3 Å². The van der Waals surface area contributed by atoms with Crippen LogP contribution in [0.3, 0.4) is 0 Å². The number of hydrogen-bond acceptors (Lipinski definition) is 3. The maximum atomic E-state index is 5.83. The molecule has 0 saturated heterocycles. The number of alkyl halides is 1. The summed E-state index contributed by atoms with van der Waals surface area (Å²) in [6.07, 6.45) is 1.92. The highest BCUT2D eigenvalue weighted by Gasteiger charge is 2.06. The third kappa shape index (κ3) is 3.67. The minimum Gasteiger partial charge on any atom is -0.366 e. The molecule has 0 amide bonds. The molecule has 0 spiro atoms. The summed E-state index contributed by atoms with van der Waals surface area (Å²) in [6, 6.07) is 2.27. The Bertz CT molecular complexity index is 311. The molecule has 0 aliphatic carbocycles. The molecule has 0 bridgehead atoms. The molecule has 1 N–H and O–H groups in total. The molecule has 3 nitrogen and oxygen atoms in total. The molecule has 0 radical (unpaired) electrons. The Balaban J connectivity index is 2.79. The van der Waals surface area contributed by atoms with Crippen molar-refractivity contribution in [3.8, 4) is 0 Å². The average Bonchev–Trinajstić information content (AvgIpc) is 2.25. The SMILES string of the molecule is CCc1cc(NC(CC)CCl)nc(C)n1. The third-order valence-electron chi connectivity index (χ3n) is 2.28. The molecule has 84 valence electrons. The van der Waals surface area contributed by atoms with Crippen molar-refractivity contribution in [2.75, 3.05) is 11.2 Å². The lowest BCUT2D eigenvalue weighted by atomic mass is 10.2. The van der Waals surface area contributed by atoms with Gasteiger partial charge in [0.05, 0.1) is 0 Å². The topological polar surface area (TPSA) is 37.8 Å². The fraction of sp³-hybridized carbons (Fsp3) is 0.636. The zero-order chi connectivity index (χ0) is 11.3. The van der Waals surface area contributed by atoms with E-state index in [0.717, 1.165) is 30.2 Å². The van der Waals surface area contributed by atoms with E-state index in [4.69, 9.17) is 11.6 Å². The fourth-order valence-electron chi connectivity index (χ4n) is 1.34. The van der Waals surface area contributed by atoms with E-state index in [0.29, 0.717) is 5.88 Å². The summed E-state index contributed by atoms with van der Waals surface area (Å²) in [4.78, 5) is 8.66. The Morgan fingerprint density at radius 1 is 1.40 bits per heavy atom. The Hall–Kier alpha value is -0.830. The highest BCUT2D eigenvalue weighted by molar-refractivity contribution is 6.18. The largest absolute Gasteiger partial charge is 0.366 e. The minimum absolute atomic E-state index is 0.283. The van der Waals surface area contributed by atoms with Crippen molar-refractivity contribution in [1.82, 2.24) is 9.97 Å². The fourth-order valence-corrected chi connectivity index (χ4v) is 1.64. The van der Waals surface area contributed by atoms with Gasteiger partial charge in [-0.2, -0.15) is 0 Å². The first kappa shape index (κ1) is 12.2. The van der Waals surface area contributed by atoms with Crippen molar-refractivity contribution in [2.45, 2.75) is 39.7 Å². The van der Waals surface area contributed by atoms with Crippen molar-refractivity contribution in [1.29, 1.82) is 0 Å². The lowest BCUT2D eigenvalue weighted by Gasteiger charge is -2.15. The number of aromatic nitrogens is 2. The molecule has 0 aliphatic heterocycles. The van der Waals surface area contributed by atoms with Gasteiger partial charge in [-0.15, -0.1) is 11.6 Å². The number of hydrogen-bond donors (Lipinski definition) is 1. The second-order valence-corrected chi connectivity index (χ2v) is 3.86. The van der Waals surface area contributed by atoms with Gasteiger partial charge in [0, 0.05) is 23.7 Å². The second-order valence-electron chi connectivity index (χ2n) is 3.55. The van der Waals surface area contributed by atoms with Gasteiger partial charge in [0.25, 0.3) is 0 Å². The number of aryl methyl sites for hydroxylation is 2. The van der Waals surface area contributed by atoms with Crippen LogP contribution in [0.1, 0.15) is 31.8 Å². The van der Waals surface area contributed by atoms with E-state index in [-0.39, 0.29) is 6.04 Å². The van der Waals surface area contributed by atoms with Crippen LogP contribution in [0.5, 0.6) is 0 Å². The molecule has 4 heteroatoms. The molecule has 0 aromatic carbocycles. The zero-order valence-electron chi connectivity index (χ0n) is 9.55. The molecular formula is C11H18ClN3. The predicted molar refractivity (Wildman–Crippen MR) is 64.6 cm³/mol. The molecule has 1 unspecified atom stereocenters. The van der Waals surface area contributed by atoms with E-state index >= 15 is 0 Å². The van der Waals surface area contributed by atoms with Crippen molar-refractivity contribution in [2.24, 2.45) is 0 Å². The lowest BCUT2D eigenvalue weighted by molar-refractivity contribution is 0.761. The first-order valence-electron chi connectivity index (χ1n) is 5.36. The van der Waals surface area contributed by atoms with E-state index in [1.54, 1.807) is 0 Å². The summed E-state index contributed by atoms with van der Waals surface area (Å²) in [5.74, 6) is 2.29. The first-order valence-corrected chi connectivity index (χ1v) is 5.90. The van der Waals surface area contributed by atoms with Crippen molar-refractivity contribution < 1.29 is 0 Å². The van der Waals surface area contributed by atoms with E-state index in [1.165, 1.54) is 0 Å². The van der Waals surface area contributed by atoms with Gasteiger partial charge >= 0.3 is 0 Å². The quantitative estimate of drug-likeness (QED) is 0.787. The van der Waals surface area contributed by atoms with Gasteiger partial charge < -0.3 is 5.32 Å². The first-order chi connectivity index (χ1) is 7.19. The van der Waals surface area contributed by atoms with Gasteiger partial charge in [-0.25, -0.2) is 9.97 Å². The van der Waals surface area contributed by atoms with Crippen LogP contribution in [0.4, 0.5) is 5.82 Å². The lowest BCUT2D eigenvalue weighted by Crippen LogP contribution is -2.21. The molecule has 1 atom stereocenters. The molecule has 15 heavy (non-hydrogen) atoms. The van der Waals surface area contributed by atoms with Crippen molar-refractivity contribution >= 4 is 17.4 Å². The Kier molecular flexibility index (Phi) is 4.82. The van der Waals surface area contributed by atoms with E-state index in [9.17, 15) is 0 Å². The normalized spacial score (nSPS) is 12.5. The van der Waals surface area contributed by atoms with Crippen LogP contribution < -0.4 is 5.32 Å². The maximum absolute atomic E-state index is 5.83. The molecule has 0 fully saturated rings. The zero-order valence-corrected chi connectivity index (χ0v) is 10.3. The van der Waals surface area contributed by atoms with Gasteiger partial charge in [-0.05, 0) is 19.8 Å². The predicted octanol–water partition coefficient (Wildman–Crippen LogP) is 2.78. The number of nitrogens with zero attached hydrogens (tertiary/aromatic N) is 2. The number of halogens is 1. The van der Waals surface area contributed by atoms with Gasteiger partial charge in [0.15, 0.2) is 0 Å². The number of rotatable bonds is 5. The average molecular weight is 228 g/mol. The van der Waals surface area contributed by atoms with E-state index in [2.05, 4.69) is 29.1 Å². The Morgan fingerprint density at radius 3 is 2.67 bits per heavy atom. The standard InChI is InChI=1S/C11H18ClN3/c1-4-9-6-11(14-8(3)13-9)15-10(5-2)7-12/h6,10H,4-5,7H2,1-3H3,(H,13,14,15). The summed E-state index contributed by atoms with van der Waals surface area (Å²) >= 11 is 5.83. The molecule has 0 saturated carbocycles. The van der Waals surface area contributed by atoms with Gasteiger partial charge in [0.1, 0.15) is 11.6 Å². The molecule has 0 aliphatic rings. The molecule has 1 heterocycles. The van der Waals surface area contributed by atoms with E-state index in [1.807, 2.05) is 13.0 Å². The van der Waals surface area contributed by atoms with Crippen LogP contribution >= 0.6 is 11.6 Å². The summed E-state index contributed by atoms with van der Waals surface area (Å²) in [6.45, 7) is 6.10. The molecule has 1 rings (SSSR count). The molecule has 1 aromatic rings. The van der Waals surface area contributed by atoms with Gasteiger partial charge in [0.2, 0.25) is 0 Å². The number of anilines is 1. The highest BCUT2D eigenvalue weighted by atomic mass is 35.5. The van der Waals surface area contributed by atoms with Crippen LogP contribution in [0.25, 0.3) is 0 Å². The summed E-state index contributed by atoms with van der Waals surface area (Å²) < 4.78 is 0. The minimum atomic E-state index is 0.283. The van der Waals surface area contributed by atoms with Crippen LogP contribution in [0.15, 0.2) is 6.07 Å². The third-order valence-corrected chi connectivity index (χ3v) is 2.66. The molecular weight excluding hydrogens is 210 g/mol. The smallest absolute Gasteiger partial charge is 0.130 e. The molecule has 1 aromatic heterocycles. The summed E-state index contributed by atoms with van der Waals surface area (Å²) in [7, 11) is 0. The van der Waals surface area contributed by atoms with Crippen molar-refractivity contribution in [3.63, 3.8) is 0 Å². The van der Waals surface area contributed by atoms with Crippen LogP contribution in [0, 0.1) is 6.92 Å². The van der Waals surface area contributed by atoms with Crippen LogP contribution in [-0.4, -0.2) is 21.9 Å². The second kappa shape index (κ2) is 5.91. The summed E-state index contributed by atoms with van der Waals surface area (Å²) in [5, 5.41) is 3.31. The monoisotopic (exact) mass is 227 g/mol. The highest BCUT2D eigenvalue weighted by Crippen LogP contribution is 2.10. The van der Waals surface area contributed by atoms with Gasteiger partial charge in [-0.1, -0.05) is 13.8 Å². The van der Waals surface area contributed by atoms with Crippen LogP contribution in [-0.2, 0) is 6.42 Å². The van der Waals surface area contributed by atoms with E-state index < -0.39 is 0 Å². The van der Waals surface area contributed by atoms with Crippen molar-refractivity contribution in [3.05, 3.63) is 17.6 Å². The maximum Gasteiger partial charge on any atom is 0.130 e. The van der Waals surface area contributed by atoms with Gasteiger partial charge in [-0.3, -0.25) is 0 Å².